The molecule has 0 bridgehead atoms. The normalized spacial score (nSPS) is 29.7. The molecule has 0 amide bonds. The van der Waals surface area contributed by atoms with Crippen molar-refractivity contribution in [2.24, 2.45) is 5.92 Å². The van der Waals surface area contributed by atoms with Crippen LogP contribution in [0.2, 0.25) is 0 Å². The topological polar surface area (TPSA) is 131 Å². The molecule has 25 heavy (non-hydrogen) atoms. The minimum atomic E-state index is -2.16. The molecule has 0 spiro atoms. The number of aromatic hydroxyl groups is 1. The van der Waals surface area contributed by atoms with Crippen LogP contribution in [0.3, 0.4) is 0 Å². The van der Waals surface area contributed by atoms with Gasteiger partial charge in [0.05, 0.1) is 12.7 Å². The summed E-state index contributed by atoms with van der Waals surface area (Å²) in [6.07, 6.45) is -4.80. The molecule has 7 nitrogen and oxygen atoms in total. The van der Waals surface area contributed by atoms with Gasteiger partial charge in [-0.05, 0) is 23.8 Å². The maximum absolute atomic E-state index is 10.3. The van der Waals surface area contributed by atoms with Gasteiger partial charge in [-0.3, -0.25) is 0 Å². The van der Waals surface area contributed by atoms with Gasteiger partial charge in [-0.25, -0.2) is 0 Å². The van der Waals surface area contributed by atoms with E-state index in [1.807, 2.05) is 0 Å². The summed E-state index contributed by atoms with van der Waals surface area (Å²) in [4.78, 5) is 0. The molecule has 5 atom stereocenters. The number of rotatable bonds is 5. The van der Waals surface area contributed by atoms with Gasteiger partial charge in [0.1, 0.15) is 17.6 Å². The monoisotopic (exact) mass is 348 g/mol. The van der Waals surface area contributed by atoms with Crippen LogP contribution in [0.15, 0.2) is 48.5 Å². The highest BCUT2D eigenvalue weighted by Gasteiger charge is 2.65. The molecule has 3 rings (SSSR count). The average Bonchev–Trinajstić information content (AvgIpc) is 2.62. The number of aliphatic hydroxyl groups excluding tert-OH is 4. The number of hydrogen-bond acceptors (Lipinski definition) is 7. The van der Waals surface area contributed by atoms with Gasteiger partial charge >= 0.3 is 0 Å². The second-order valence-electron chi connectivity index (χ2n) is 6.12. The van der Waals surface area contributed by atoms with Crippen molar-refractivity contribution in [2.75, 3.05) is 6.61 Å². The van der Waals surface area contributed by atoms with E-state index in [0.717, 1.165) is 5.56 Å². The molecule has 0 heterocycles. The fourth-order valence-corrected chi connectivity index (χ4v) is 3.11. The molecule has 1 fully saturated rings. The van der Waals surface area contributed by atoms with E-state index in [9.17, 15) is 30.6 Å². The number of ether oxygens (including phenoxy) is 1. The Labute approximate surface area is 144 Å². The van der Waals surface area contributed by atoms with Crippen LogP contribution in [0, 0.1) is 5.92 Å². The van der Waals surface area contributed by atoms with E-state index in [1.165, 1.54) is 12.1 Å². The quantitative estimate of drug-likeness (QED) is 0.414. The van der Waals surface area contributed by atoms with E-state index in [4.69, 9.17) is 4.74 Å². The van der Waals surface area contributed by atoms with Crippen molar-refractivity contribution in [1.82, 2.24) is 0 Å². The zero-order chi connectivity index (χ0) is 18.2. The van der Waals surface area contributed by atoms with Gasteiger partial charge in [0.25, 0.3) is 0 Å². The van der Waals surface area contributed by atoms with Crippen LogP contribution < -0.4 is 4.74 Å². The highest BCUT2D eigenvalue weighted by molar-refractivity contribution is 5.70. The van der Waals surface area contributed by atoms with Crippen LogP contribution in [0.5, 0.6) is 11.5 Å². The largest absolute Gasteiger partial charge is 0.507 e. The zero-order valence-electron chi connectivity index (χ0n) is 13.2. The van der Waals surface area contributed by atoms with Crippen LogP contribution in [-0.4, -0.2) is 61.3 Å². The summed E-state index contributed by atoms with van der Waals surface area (Å²) < 4.78 is 5.25. The van der Waals surface area contributed by atoms with Crippen LogP contribution in [-0.2, 0) is 0 Å². The van der Waals surface area contributed by atoms with Crippen LogP contribution in [0.4, 0.5) is 0 Å². The van der Waals surface area contributed by atoms with Gasteiger partial charge in [0.2, 0.25) is 6.29 Å². The predicted octanol–water partition coefficient (Wildman–Crippen LogP) is -0.169. The molecule has 1 saturated carbocycles. The summed E-state index contributed by atoms with van der Waals surface area (Å²) in [5.41, 5.74) is -0.804. The molecule has 2 aromatic rings. The van der Waals surface area contributed by atoms with E-state index in [-0.39, 0.29) is 11.5 Å². The molecule has 0 saturated heterocycles. The number of phenolic OH excluding ortho intramolecular Hbond substituents is 1. The lowest BCUT2D eigenvalue weighted by molar-refractivity contribution is -0.332. The molecule has 5 unspecified atom stereocenters. The minimum Gasteiger partial charge on any atom is -0.507 e. The van der Waals surface area contributed by atoms with Crippen molar-refractivity contribution in [3.63, 3.8) is 0 Å². The molecule has 0 aliphatic heterocycles. The number of phenols is 1. The van der Waals surface area contributed by atoms with Crippen molar-refractivity contribution in [3.05, 3.63) is 48.5 Å². The third-order valence-electron chi connectivity index (χ3n) is 4.71. The zero-order valence-corrected chi connectivity index (χ0v) is 13.2. The van der Waals surface area contributed by atoms with Crippen molar-refractivity contribution < 1.29 is 35.4 Å². The fourth-order valence-electron chi connectivity index (χ4n) is 3.11. The van der Waals surface area contributed by atoms with Crippen molar-refractivity contribution in [3.8, 4) is 22.6 Å². The summed E-state index contributed by atoms with van der Waals surface area (Å²) in [7, 11) is 0. The van der Waals surface area contributed by atoms with Crippen molar-refractivity contribution in [1.29, 1.82) is 0 Å². The lowest BCUT2D eigenvalue weighted by Crippen LogP contribution is -2.76. The Balaban J connectivity index is 1.75. The molecule has 0 aromatic heterocycles. The number of hydrogen-bond donors (Lipinski definition) is 6. The Kier molecular flexibility index (Phi) is 4.68. The molecular formula is C18H20O7. The third-order valence-corrected chi connectivity index (χ3v) is 4.71. The molecule has 0 radical (unpaired) electrons. The fraction of sp³-hybridized carbons (Fsp3) is 0.333. The van der Waals surface area contributed by atoms with E-state index < -0.39 is 36.6 Å². The summed E-state index contributed by atoms with van der Waals surface area (Å²) in [5, 5.41) is 58.8. The Morgan fingerprint density at radius 1 is 1.04 bits per heavy atom. The lowest BCUT2D eigenvalue weighted by atomic mass is 9.64. The smallest absolute Gasteiger partial charge is 0.229 e. The average molecular weight is 348 g/mol. The Morgan fingerprint density at radius 3 is 2.28 bits per heavy atom. The number of para-hydroxylation sites is 1. The Bertz CT molecular complexity index is 732. The minimum absolute atomic E-state index is 0.128. The van der Waals surface area contributed by atoms with Gasteiger partial charge in [-0.2, -0.15) is 0 Å². The first-order valence-electron chi connectivity index (χ1n) is 7.82. The van der Waals surface area contributed by atoms with Crippen molar-refractivity contribution >= 4 is 0 Å². The second-order valence-corrected chi connectivity index (χ2v) is 6.12. The number of benzene rings is 2. The first-order valence-corrected chi connectivity index (χ1v) is 7.82. The van der Waals surface area contributed by atoms with E-state index in [0.29, 0.717) is 5.56 Å². The van der Waals surface area contributed by atoms with Crippen LogP contribution in [0.25, 0.3) is 11.1 Å². The maximum Gasteiger partial charge on any atom is 0.229 e. The highest BCUT2D eigenvalue weighted by Crippen LogP contribution is 2.42. The molecule has 1 aliphatic rings. The maximum atomic E-state index is 10.3. The predicted molar refractivity (Wildman–Crippen MR) is 87.7 cm³/mol. The number of aliphatic hydroxyl groups is 5. The summed E-state index contributed by atoms with van der Waals surface area (Å²) in [6.45, 7) is -0.610. The summed E-state index contributed by atoms with van der Waals surface area (Å²) >= 11 is 0. The van der Waals surface area contributed by atoms with Crippen molar-refractivity contribution in [2.45, 2.75) is 24.1 Å². The molecular weight excluding hydrogens is 328 g/mol. The molecule has 2 aromatic carbocycles. The first-order chi connectivity index (χ1) is 11.9. The van der Waals surface area contributed by atoms with Crippen LogP contribution in [0.1, 0.15) is 0 Å². The van der Waals surface area contributed by atoms with Gasteiger partial charge < -0.3 is 35.4 Å². The van der Waals surface area contributed by atoms with Gasteiger partial charge in [-0.15, -0.1) is 0 Å². The van der Waals surface area contributed by atoms with E-state index >= 15 is 0 Å². The second kappa shape index (κ2) is 6.62. The van der Waals surface area contributed by atoms with Gasteiger partial charge in [0.15, 0.2) is 5.60 Å². The SMILES string of the molecule is OCC1C(O)C(O)C1(O)C(O)Oc1ccc(-c2ccccc2O)cc1. The highest BCUT2D eigenvalue weighted by atomic mass is 16.6. The van der Waals surface area contributed by atoms with Crippen LogP contribution >= 0.6 is 0 Å². The first kappa shape index (κ1) is 17.7. The summed E-state index contributed by atoms with van der Waals surface area (Å²) in [5.74, 6) is -0.772. The molecule has 1 aliphatic carbocycles. The Hall–Kier alpha value is -2.16. The van der Waals surface area contributed by atoms with E-state index in [1.54, 1.807) is 36.4 Å². The molecule has 6 N–H and O–H groups in total. The lowest BCUT2D eigenvalue weighted by Gasteiger charge is -2.53. The molecule has 7 heteroatoms. The third kappa shape index (κ3) is 2.86. The standard InChI is InChI=1S/C18H20O7/c19-9-13-15(21)16(22)18(13,24)17(23)25-11-7-5-10(6-8-11)12-3-1-2-4-14(12)20/h1-8,13,15-17,19-24H,9H2. The molecule has 134 valence electrons. The van der Waals surface area contributed by atoms with E-state index in [2.05, 4.69) is 0 Å². The van der Waals surface area contributed by atoms with Gasteiger partial charge in [0, 0.05) is 11.5 Å². The Morgan fingerprint density at radius 2 is 1.68 bits per heavy atom. The summed E-state index contributed by atoms with van der Waals surface area (Å²) in [6, 6.07) is 13.2. The van der Waals surface area contributed by atoms with Gasteiger partial charge in [-0.1, -0.05) is 30.3 Å².